The van der Waals surface area contributed by atoms with Crippen LogP contribution >= 0.6 is 0 Å². The first-order valence-corrected chi connectivity index (χ1v) is 3.94. The Morgan fingerprint density at radius 1 is 1.50 bits per heavy atom. The largest absolute Gasteiger partial charge is 0.496 e. The van der Waals surface area contributed by atoms with E-state index >= 15 is 0 Å². The van der Waals surface area contributed by atoms with Gasteiger partial charge in [-0.15, -0.1) is 0 Å². The maximum Gasteiger partial charge on any atom is 0.254 e. The van der Waals surface area contributed by atoms with Crippen LogP contribution in [-0.2, 0) is 6.54 Å². The molecule has 3 nitrogen and oxygen atoms in total. The average Bonchev–Trinajstić information content (AvgIpc) is 2.03. The van der Waals surface area contributed by atoms with Crippen molar-refractivity contribution in [3.63, 3.8) is 0 Å². The van der Waals surface area contributed by atoms with E-state index in [0.29, 0.717) is 12.3 Å². The molecule has 3 heteroatoms. The molecular formula is C9H13NO2. The van der Waals surface area contributed by atoms with Gasteiger partial charge in [-0.05, 0) is 19.9 Å². The number of nitrogens with zero attached hydrogens (tertiary/aromatic N) is 1. The van der Waals surface area contributed by atoms with Crippen molar-refractivity contribution in [2.45, 2.75) is 20.4 Å². The number of aryl methyl sites for hydroxylation is 1. The lowest BCUT2D eigenvalue weighted by Gasteiger charge is -2.07. The monoisotopic (exact) mass is 167 g/mol. The highest BCUT2D eigenvalue weighted by Gasteiger charge is 2.00. The van der Waals surface area contributed by atoms with Gasteiger partial charge in [0.05, 0.1) is 7.11 Å². The Hall–Kier alpha value is -1.25. The number of aromatic nitrogens is 1. The van der Waals surface area contributed by atoms with Crippen LogP contribution in [0.1, 0.15) is 12.6 Å². The zero-order chi connectivity index (χ0) is 9.14. The molecule has 0 spiro atoms. The van der Waals surface area contributed by atoms with E-state index in [9.17, 15) is 4.79 Å². The maximum absolute atomic E-state index is 11.3. The van der Waals surface area contributed by atoms with E-state index in [1.165, 1.54) is 6.07 Å². The van der Waals surface area contributed by atoms with Crippen molar-refractivity contribution < 1.29 is 4.74 Å². The molecule has 12 heavy (non-hydrogen) atoms. The van der Waals surface area contributed by atoms with Crippen LogP contribution < -0.4 is 10.3 Å². The fraction of sp³-hybridized carbons (Fsp3) is 0.444. The Bertz CT molecular complexity index is 328. The van der Waals surface area contributed by atoms with Crippen molar-refractivity contribution >= 4 is 0 Å². The van der Waals surface area contributed by atoms with E-state index in [1.54, 1.807) is 11.7 Å². The number of hydrogen-bond donors (Lipinski definition) is 0. The summed E-state index contributed by atoms with van der Waals surface area (Å²) < 4.78 is 6.66. The number of pyridine rings is 1. The number of ether oxygens (including phenoxy) is 1. The summed E-state index contributed by atoms with van der Waals surface area (Å²) in [7, 11) is 1.56. The molecule has 0 aromatic carbocycles. The van der Waals surface area contributed by atoms with Crippen LogP contribution in [0.25, 0.3) is 0 Å². The van der Waals surface area contributed by atoms with Crippen LogP contribution in [0.2, 0.25) is 0 Å². The number of rotatable bonds is 2. The third kappa shape index (κ3) is 1.49. The van der Waals surface area contributed by atoms with Crippen molar-refractivity contribution in [1.82, 2.24) is 4.57 Å². The summed E-state index contributed by atoms with van der Waals surface area (Å²) in [6.45, 7) is 4.54. The van der Waals surface area contributed by atoms with E-state index in [2.05, 4.69) is 0 Å². The minimum atomic E-state index is -0.00523. The lowest BCUT2D eigenvalue weighted by molar-refractivity contribution is 0.411. The summed E-state index contributed by atoms with van der Waals surface area (Å²) in [6, 6.07) is 3.35. The van der Waals surface area contributed by atoms with E-state index < -0.39 is 0 Å². The zero-order valence-electron chi connectivity index (χ0n) is 7.63. The Morgan fingerprint density at radius 3 is 2.58 bits per heavy atom. The van der Waals surface area contributed by atoms with Crippen LogP contribution in [0, 0.1) is 6.92 Å². The lowest BCUT2D eigenvalue weighted by atomic mass is 10.3. The summed E-state index contributed by atoms with van der Waals surface area (Å²) >= 11 is 0. The normalized spacial score (nSPS) is 9.92. The highest BCUT2D eigenvalue weighted by atomic mass is 16.5. The molecule has 0 unspecified atom stereocenters. The first-order chi connectivity index (χ1) is 5.69. The molecule has 0 N–H and O–H groups in total. The first-order valence-electron chi connectivity index (χ1n) is 3.94. The predicted octanol–water partition coefficient (Wildman–Crippen LogP) is 1.19. The molecule has 0 radical (unpaired) electrons. The van der Waals surface area contributed by atoms with Crippen LogP contribution in [0.4, 0.5) is 0 Å². The highest BCUT2D eigenvalue weighted by Crippen LogP contribution is 2.08. The molecule has 0 bridgehead atoms. The second kappa shape index (κ2) is 3.43. The third-order valence-corrected chi connectivity index (χ3v) is 1.86. The van der Waals surface area contributed by atoms with Gasteiger partial charge in [-0.25, -0.2) is 0 Å². The summed E-state index contributed by atoms with van der Waals surface area (Å²) in [4.78, 5) is 11.3. The topological polar surface area (TPSA) is 31.2 Å². The maximum atomic E-state index is 11.3. The molecule has 1 aromatic rings. The van der Waals surface area contributed by atoms with Gasteiger partial charge in [0.25, 0.3) is 5.56 Å². The van der Waals surface area contributed by atoms with Crippen molar-refractivity contribution in [2.24, 2.45) is 0 Å². The highest BCUT2D eigenvalue weighted by molar-refractivity contribution is 5.22. The molecule has 1 aromatic heterocycles. The fourth-order valence-electron chi connectivity index (χ4n) is 1.22. The fourth-order valence-corrected chi connectivity index (χ4v) is 1.22. The summed E-state index contributed by atoms with van der Waals surface area (Å²) in [5.74, 6) is 0.627. The van der Waals surface area contributed by atoms with Crippen LogP contribution in [-0.4, -0.2) is 11.7 Å². The van der Waals surface area contributed by atoms with Gasteiger partial charge in [0.1, 0.15) is 5.75 Å². The molecule has 0 aliphatic carbocycles. The lowest BCUT2D eigenvalue weighted by Crippen LogP contribution is -2.20. The molecule has 0 aliphatic heterocycles. The van der Waals surface area contributed by atoms with Gasteiger partial charge in [0, 0.05) is 18.3 Å². The van der Waals surface area contributed by atoms with Crippen molar-refractivity contribution in [1.29, 1.82) is 0 Å². The summed E-state index contributed by atoms with van der Waals surface area (Å²) in [6.07, 6.45) is 0. The Morgan fingerprint density at radius 2 is 2.17 bits per heavy atom. The van der Waals surface area contributed by atoms with Crippen LogP contribution in [0.15, 0.2) is 16.9 Å². The van der Waals surface area contributed by atoms with Crippen molar-refractivity contribution in [2.75, 3.05) is 7.11 Å². The zero-order valence-corrected chi connectivity index (χ0v) is 7.63. The minimum absolute atomic E-state index is 0.00523. The second-order valence-electron chi connectivity index (χ2n) is 2.62. The van der Waals surface area contributed by atoms with Crippen molar-refractivity contribution in [3.05, 3.63) is 28.2 Å². The summed E-state index contributed by atoms with van der Waals surface area (Å²) in [5.41, 5.74) is 0.927. The van der Waals surface area contributed by atoms with E-state index in [0.717, 1.165) is 5.69 Å². The molecular weight excluding hydrogens is 154 g/mol. The Labute approximate surface area is 71.6 Å². The van der Waals surface area contributed by atoms with E-state index in [1.807, 2.05) is 19.9 Å². The molecule has 0 atom stereocenters. The third-order valence-electron chi connectivity index (χ3n) is 1.86. The first kappa shape index (κ1) is 8.84. The minimum Gasteiger partial charge on any atom is -0.496 e. The smallest absolute Gasteiger partial charge is 0.254 e. The quantitative estimate of drug-likeness (QED) is 0.662. The Kier molecular flexibility index (Phi) is 2.53. The van der Waals surface area contributed by atoms with Gasteiger partial charge in [0.2, 0.25) is 0 Å². The summed E-state index contributed by atoms with van der Waals surface area (Å²) in [5, 5.41) is 0. The van der Waals surface area contributed by atoms with Gasteiger partial charge in [-0.2, -0.15) is 0 Å². The standard InChI is InChI=1S/C9H13NO2/c1-4-10-7(2)5-8(12-3)6-9(10)11/h5-6H,4H2,1-3H3. The SMILES string of the molecule is CCn1c(C)cc(OC)cc1=O. The number of hydrogen-bond acceptors (Lipinski definition) is 2. The van der Waals surface area contributed by atoms with Gasteiger partial charge in [-0.3, -0.25) is 4.79 Å². The Balaban J connectivity index is 3.28. The van der Waals surface area contributed by atoms with E-state index in [4.69, 9.17) is 4.74 Å². The van der Waals surface area contributed by atoms with Gasteiger partial charge in [-0.1, -0.05) is 0 Å². The van der Waals surface area contributed by atoms with E-state index in [-0.39, 0.29) is 5.56 Å². The molecule has 1 heterocycles. The molecule has 1 rings (SSSR count). The van der Waals surface area contributed by atoms with Gasteiger partial charge in [0.15, 0.2) is 0 Å². The molecule has 0 aliphatic rings. The molecule has 0 saturated carbocycles. The van der Waals surface area contributed by atoms with Crippen LogP contribution in [0.3, 0.4) is 0 Å². The molecule has 0 amide bonds. The van der Waals surface area contributed by atoms with Crippen LogP contribution in [0.5, 0.6) is 5.75 Å². The second-order valence-corrected chi connectivity index (χ2v) is 2.62. The predicted molar refractivity (Wildman–Crippen MR) is 47.7 cm³/mol. The number of methoxy groups -OCH3 is 1. The average molecular weight is 167 g/mol. The van der Waals surface area contributed by atoms with Gasteiger partial charge < -0.3 is 9.30 Å². The molecule has 0 fully saturated rings. The van der Waals surface area contributed by atoms with Gasteiger partial charge >= 0.3 is 0 Å². The molecule has 0 saturated heterocycles. The molecule has 66 valence electrons. The van der Waals surface area contributed by atoms with Crippen molar-refractivity contribution in [3.8, 4) is 5.75 Å².